The Bertz CT molecular complexity index is 195. The average molecular weight is 200 g/mol. The molecule has 0 aliphatic carbocycles. The summed E-state index contributed by atoms with van der Waals surface area (Å²) < 4.78 is 5.12. The van der Waals surface area contributed by atoms with Crippen LogP contribution in [0.25, 0.3) is 0 Å². The molecule has 0 unspecified atom stereocenters. The third-order valence-corrected chi connectivity index (χ3v) is 2.26. The van der Waals surface area contributed by atoms with Gasteiger partial charge in [-0.25, -0.2) is 4.79 Å². The Balaban J connectivity index is 2.29. The second-order valence-corrected chi connectivity index (χ2v) is 4.32. The van der Waals surface area contributed by atoms with E-state index in [0.29, 0.717) is 19.1 Å². The van der Waals surface area contributed by atoms with Gasteiger partial charge >= 0.3 is 6.09 Å². The van der Waals surface area contributed by atoms with Crippen LogP contribution in [-0.2, 0) is 4.74 Å². The predicted octanol–water partition coefficient (Wildman–Crippen LogP) is 1.20. The van der Waals surface area contributed by atoms with Gasteiger partial charge in [0.05, 0.1) is 6.61 Å². The first-order valence-corrected chi connectivity index (χ1v) is 5.27. The first kappa shape index (κ1) is 11.3. The molecular weight excluding hydrogens is 180 g/mol. The van der Waals surface area contributed by atoms with Crippen LogP contribution in [0.3, 0.4) is 0 Å². The fraction of sp³-hybridized carbons (Fsp3) is 0.900. The van der Waals surface area contributed by atoms with Gasteiger partial charge in [0.1, 0.15) is 0 Å². The number of ether oxygens (including phenoxy) is 1. The Morgan fingerprint density at radius 2 is 2.36 bits per heavy atom. The van der Waals surface area contributed by atoms with E-state index in [0.717, 1.165) is 19.4 Å². The molecule has 1 aliphatic rings. The molecule has 4 heteroatoms. The average Bonchev–Trinajstić information content (AvgIpc) is 2.14. The topological polar surface area (TPSA) is 55.6 Å². The Labute approximate surface area is 85.4 Å². The molecule has 82 valence electrons. The third-order valence-electron chi connectivity index (χ3n) is 2.26. The Kier molecular flexibility index (Phi) is 4.20. The van der Waals surface area contributed by atoms with E-state index in [2.05, 4.69) is 0 Å². The first-order valence-electron chi connectivity index (χ1n) is 5.27. The maximum absolute atomic E-state index is 11.5. The monoisotopic (exact) mass is 200 g/mol. The Morgan fingerprint density at radius 1 is 1.64 bits per heavy atom. The van der Waals surface area contributed by atoms with E-state index in [1.165, 1.54) is 0 Å². The lowest BCUT2D eigenvalue weighted by molar-refractivity contribution is 0.0827. The molecule has 1 aliphatic heterocycles. The van der Waals surface area contributed by atoms with Gasteiger partial charge < -0.3 is 15.4 Å². The summed E-state index contributed by atoms with van der Waals surface area (Å²) in [7, 11) is 0. The van der Waals surface area contributed by atoms with Gasteiger partial charge in [0, 0.05) is 19.1 Å². The van der Waals surface area contributed by atoms with Crippen molar-refractivity contribution in [3.63, 3.8) is 0 Å². The molecule has 0 bridgehead atoms. The van der Waals surface area contributed by atoms with Crippen molar-refractivity contribution in [1.82, 2.24) is 4.90 Å². The zero-order chi connectivity index (χ0) is 10.6. The molecule has 0 radical (unpaired) electrons. The molecule has 1 amide bonds. The van der Waals surface area contributed by atoms with E-state index in [-0.39, 0.29) is 12.1 Å². The van der Waals surface area contributed by atoms with E-state index < -0.39 is 0 Å². The van der Waals surface area contributed by atoms with Crippen molar-refractivity contribution in [3.05, 3.63) is 0 Å². The maximum atomic E-state index is 11.5. The Hall–Kier alpha value is -0.770. The van der Waals surface area contributed by atoms with Crippen molar-refractivity contribution in [1.29, 1.82) is 0 Å². The van der Waals surface area contributed by atoms with E-state index in [1.807, 2.05) is 13.8 Å². The van der Waals surface area contributed by atoms with E-state index in [9.17, 15) is 4.79 Å². The summed E-state index contributed by atoms with van der Waals surface area (Å²) in [6.07, 6.45) is 1.78. The van der Waals surface area contributed by atoms with Gasteiger partial charge in [-0.2, -0.15) is 0 Å². The number of carbonyl (C=O) groups excluding carboxylic acids is 1. The number of rotatable bonds is 2. The predicted molar refractivity (Wildman–Crippen MR) is 55.0 cm³/mol. The van der Waals surface area contributed by atoms with E-state index in [1.54, 1.807) is 4.90 Å². The molecular formula is C10H20N2O2. The van der Waals surface area contributed by atoms with Gasteiger partial charge in [0.25, 0.3) is 0 Å². The van der Waals surface area contributed by atoms with Crippen LogP contribution in [-0.4, -0.2) is 36.7 Å². The number of nitrogens with two attached hydrogens (primary N) is 1. The number of nitrogens with zero attached hydrogens (tertiary/aromatic N) is 1. The first-order chi connectivity index (χ1) is 6.59. The van der Waals surface area contributed by atoms with Crippen LogP contribution in [0.2, 0.25) is 0 Å². The molecule has 1 saturated heterocycles. The lowest BCUT2D eigenvalue weighted by atomic mass is 10.1. The van der Waals surface area contributed by atoms with Crippen LogP contribution >= 0.6 is 0 Å². The van der Waals surface area contributed by atoms with Gasteiger partial charge in [0.2, 0.25) is 0 Å². The van der Waals surface area contributed by atoms with Crippen LogP contribution in [0, 0.1) is 5.92 Å². The summed E-state index contributed by atoms with van der Waals surface area (Å²) >= 11 is 0. The zero-order valence-corrected chi connectivity index (χ0v) is 9.03. The van der Waals surface area contributed by atoms with Crippen LogP contribution in [0.4, 0.5) is 4.79 Å². The zero-order valence-electron chi connectivity index (χ0n) is 9.03. The van der Waals surface area contributed by atoms with E-state index in [4.69, 9.17) is 10.5 Å². The third kappa shape index (κ3) is 3.54. The summed E-state index contributed by atoms with van der Waals surface area (Å²) in [6.45, 7) is 5.95. The fourth-order valence-electron chi connectivity index (χ4n) is 1.51. The van der Waals surface area contributed by atoms with Crippen molar-refractivity contribution in [2.24, 2.45) is 11.7 Å². The normalized spacial score (nSPS) is 22.6. The smallest absolute Gasteiger partial charge is 0.409 e. The summed E-state index contributed by atoms with van der Waals surface area (Å²) in [4.78, 5) is 13.2. The van der Waals surface area contributed by atoms with Crippen LogP contribution in [0.15, 0.2) is 0 Å². The molecule has 1 atom stereocenters. The second kappa shape index (κ2) is 5.20. The minimum absolute atomic E-state index is 0.121. The molecule has 0 aromatic heterocycles. The van der Waals surface area contributed by atoms with Crippen molar-refractivity contribution >= 4 is 6.09 Å². The summed E-state index contributed by atoms with van der Waals surface area (Å²) in [5.74, 6) is 0.386. The fourth-order valence-corrected chi connectivity index (χ4v) is 1.51. The molecule has 1 fully saturated rings. The van der Waals surface area contributed by atoms with Gasteiger partial charge in [0.15, 0.2) is 0 Å². The van der Waals surface area contributed by atoms with Gasteiger partial charge in [-0.05, 0) is 18.8 Å². The molecule has 0 aromatic carbocycles. The molecule has 1 rings (SSSR count). The highest BCUT2D eigenvalue weighted by molar-refractivity contribution is 5.67. The maximum Gasteiger partial charge on any atom is 0.409 e. The van der Waals surface area contributed by atoms with Gasteiger partial charge in [-0.15, -0.1) is 0 Å². The highest BCUT2D eigenvalue weighted by atomic mass is 16.6. The number of amides is 1. The molecule has 14 heavy (non-hydrogen) atoms. The minimum Gasteiger partial charge on any atom is -0.449 e. The quantitative estimate of drug-likeness (QED) is 0.728. The van der Waals surface area contributed by atoms with E-state index >= 15 is 0 Å². The Morgan fingerprint density at radius 3 is 2.93 bits per heavy atom. The van der Waals surface area contributed by atoms with Crippen LogP contribution < -0.4 is 5.73 Å². The second-order valence-electron chi connectivity index (χ2n) is 4.32. The van der Waals surface area contributed by atoms with Crippen molar-refractivity contribution < 1.29 is 9.53 Å². The SMILES string of the molecule is CC(C)COC(=O)N1CCC[C@H](N)C1. The molecule has 0 spiro atoms. The summed E-state index contributed by atoms with van der Waals surface area (Å²) in [5, 5.41) is 0. The summed E-state index contributed by atoms with van der Waals surface area (Å²) in [5.41, 5.74) is 5.77. The van der Waals surface area contributed by atoms with Crippen molar-refractivity contribution in [2.75, 3.05) is 19.7 Å². The minimum atomic E-state index is -0.214. The molecule has 0 aromatic rings. The van der Waals surface area contributed by atoms with Gasteiger partial charge in [-0.1, -0.05) is 13.8 Å². The highest BCUT2D eigenvalue weighted by Gasteiger charge is 2.22. The number of hydrogen-bond donors (Lipinski definition) is 1. The lowest BCUT2D eigenvalue weighted by Gasteiger charge is -2.30. The number of piperidine rings is 1. The lowest BCUT2D eigenvalue weighted by Crippen LogP contribution is -2.46. The largest absolute Gasteiger partial charge is 0.449 e. The highest BCUT2D eigenvalue weighted by Crippen LogP contribution is 2.09. The summed E-state index contributed by atoms with van der Waals surface area (Å²) in [6, 6.07) is 0.121. The van der Waals surface area contributed by atoms with Gasteiger partial charge in [-0.3, -0.25) is 0 Å². The number of carbonyl (C=O) groups is 1. The molecule has 4 nitrogen and oxygen atoms in total. The van der Waals surface area contributed by atoms with Crippen molar-refractivity contribution in [2.45, 2.75) is 32.7 Å². The standard InChI is InChI=1S/C10H20N2O2/c1-8(2)7-14-10(13)12-5-3-4-9(11)6-12/h8-9H,3-7,11H2,1-2H3/t9-/m0/s1. The van der Waals surface area contributed by atoms with Crippen LogP contribution in [0.1, 0.15) is 26.7 Å². The van der Waals surface area contributed by atoms with Crippen LogP contribution in [0.5, 0.6) is 0 Å². The van der Waals surface area contributed by atoms with Crippen molar-refractivity contribution in [3.8, 4) is 0 Å². The number of hydrogen-bond acceptors (Lipinski definition) is 3. The number of likely N-dealkylation sites (tertiary alicyclic amines) is 1. The molecule has 0 saturated carbocycles. The molecule has 1 heterocycles. The molecule has 2 N–H and O–H groups in total.